The Labute approximate surface area is 506 Å². The maximum absolute atomic E-state index is 12.9. The normalized spacial score (nSPS) is 13.0. The maximum Gasteiger partial charge on any atom is 0.306 e. The van der Waals surface area contributed by atoms with E-state index >= 15 is 0 Å². The standard InChI is InChI=1S/C76H126O6/c1-4-7-10-13-16-19-22-25-28-31-32-33-34-35-36-37-38-39-40-41-42-43-44-46-48-51-54-57-60-63-66-69-75(78)81-72-73(71-80-74(77)68-65-62-59-56-53-50-47-30-27-24-21-18-15-12-9-6-3)82-76(79)70-67-64-61-58-55-52-49-45-29-26-23-20-17-14-11-8-5-2/h7-8,10-11,16-17,19-20,25-26,28-30,32-33,35-36,38-39,41-42,47,73H,4-6,9,12-15,18,21-24,27,31,34,37,40,43-46,48-72H2,1-3H3/b10-7-,11-8-,19-16-,20-17-,28-25-,29-26-,33-32-,36-35-,39-38-,42-41-,47-30-. The minimum atomic E-state index is -0.795. The van der Waals surface area contributed by atoms with Crippen molar-refractivity contribution in [1.29, 1.82) is 0 Å². The minimum Gasteiger partial charge on any atom is -0.462 e. The Morgan fingerprint density at radius 1 is 0.256 bits per heavy atom. The van der Waals surface area contributed by atoms with E-state index in [9.17, 15) is 14.4 Å². The van der Waals surface area contributed by atoms with Crippen molar-refractivity contribution >= 4 is 17.9 Å². The van der Waals surface area contributed by atoms with Crippen molar-refractivity contribution in [2.75, 3.05) is 13.2 Å². The van der Waals surface area contributed by atoms with Gasteiger partial charge in [-0.3, -0.25) is 14.4 Å². The second-order valence-electron chi connectivity index (χ2n) is 22.3. The van der Waals surface area contributed by atoms with Crippen LogP contribution in [0.4, 0.5) is 0 Å². The summed E-state index contributed by atoms with van der Waals surface area (Å²) in [6.07, 6.45) is 97.5. The van der Waals surface area contributed by atoms with Crippen LogP contribution in [0.2, 0.25) is 0 Å². The summed E-state index contributed by atoms with van der Waals surface area (Å²) in [5, 5.41) is 0. The van der Waals surface area contributed by atoms with Crippen LogP contribution < -0.4 is 0 Å². The summed E-state index contributed by atoms with van der Waals surface area (Å²) in [5.74, 6) is -0.907. The van der Waals surface area contributed by atoms with Gasteiger partial charge in [0.15, 0.2) is 6.10 Å². The van der Waals surface area contributed by atoms with Crippen LogP contribution in [-0.4, -0.2) is 37.2 Å². The number of carbonyl (C=O) groups is 3. The van der Waals surface area contributed by atoms with Crippen molar-refractivity contribution in [3.63, 3.8) is 0 Å². The lowest BCUT2D eigenvalue weighted by atomic mass is 10.1. The van der Waals surface area contributed by atoms with Gasteiger partial charge in [-0.05, 0) is 135 Å². The third kappa shape index (κ3) is 66.4. The Bertz CT molecular complexity index is 1730. The Balaban J connectivity index is 4.34. The van der Waals surface area contributed by atoms with E-state index < -0.39 is 6.10 Å². The van der Waals surface area contributed by atoms with E-state index in [1.807, 2.05) is 0 Å². The predicted octanol–water partition coefficient (Wildman–Crippen LogP) is 23.7. The van der Waals surface area contributed by atoms with Crippen LogP contribution in [0.3, 0.4) is 0 Å². The van der Waals surface area contributed by atoms with Gasteiger partial charge in [-0.25, -0.2) is 0 Å². The van der Waals surface area contributed by atoms with Crippen molar-refractivity contribution in [3.05, 3.63) is 134 Å². The molecule has 0 aromatic heterocycles. The van der Waals surface area contributed by atoms with Gasteiger partial charge in [0.25, 0.3) is 0 Å². The van der Waals surface area contributed by atoms with Crippen LogP contribution in [0.1, 0.15) is 310 Å². The molecule has 0 saturated carbocycles. The molecule has 0 aliphatic carbocycles. The van der Waals surface area contributed by atoms with Crippen molar-refractivity contribution in [2.24, 2.45) is 0 Å². The van der Waals surface area contributed by atoms with Gasteiger partial charge in [-0.2, -0.15) is 0 Å². The molecule has 82 heavy (non-hydrogen) atoms. The molecule has 0 aromatic rings. The zero-order chi connectivity index (χ0) is 59.2. The molecule has 466 valence electrons. The van der Waals surface area contributed by atoms with Crippen LogP contribution in [0.15, 0.2) is 134 Å². The second-order valence-corrected chi connectivity index (χ2v) is 22.3. The highest BCUT2D eigenvalue weighted by Crippen LogP contribution is 2.16. The van der Waals surface area contributed by atoms with Crippen molar-refractivity contribution in [3.8, 4) is 0 Å². The lowest BCUT2D eigenvalue weighted by molar-refractivity contribution is -0.167. The monoisotopic (exact) mass is 1130 g/mol. The lowest BCUT2D eigenvalue weighted by Gasteiger charge is -2.18. The minimum absolute atomic E-state index is 0.0899. The average molecular weight is 1140 g/mol. The Kier molecular flexibility index (Phi) is 65.3. The smallest absolute Gasteiger partial charge is 0.306 e. The summed E-state index contributed by atoms with van der Waals surface area (Å²) >= 11 is 0. The van der Waals surface area contributed by atoms with E-state index in [4.69, 9.17) is 14.2 Å². The Morgan fingerprint density at radius 3 is 0.756 bits per heavy atom. The Morgan fingerprint density at radius 2 is 0.476 bits per heavy atom. The van der Waals surface area contributed by atoms with E-state index in [0.29, 0.717) is 19.3 Å². The SMILES string of the molecule is CC/C=C\C/C=C\C/C=C\C/C=C\C/C=C\C/C=C\C/C=C\CCCCCCCCCCCC(=O)OCC(COC(=O)CCCCCCC/C=C\CCCCCCCCC)OC(=O)CCCCCCCCC/C=C\C/C=C\C/C=C\CC. The summed E-state index contributed by atoms with van der Waals surface area (Å²) in [6.45, 7) is 6.41. The third-order valence-corrected chi connectivity index (χ3v) is 14.4. The molecule has 1 atom stereocenters. The van der Waals surface area contributed by atoms with Crippen LogP contribution >= 0.6 is 0 Å². The van der Waals surface area contributed by atoms with Gasteiger partial charge < -0.3 is 14.2 Å². The van der Waals surface area contributed by atoms with E-state index in [2.05, 4.69) is 154 Å². The fraction of sp³-hybridized carbons (Fsp3) is 0.671. The largest absolute Gasteiger partial charge is 0.462 e. The van der Waals surface area contributed by atoms with Crippen molar-refractivity contribution in [2.45, 2.75) is 316 Å². The molecule has 0 aliphatic rings. The van der Waals surface area contributed by atoms with Crippen molar-refractivity contribution in [1.82, 2.24) is 0 Å². The van der Waals surface area contributed by atoms with Gasteiger partial charge in [0.05, 0.1) is 0 Å². The molecule has 0 N–H and O–H groups in total. The molecular formula is C76H126O6. The van der Waals surface area contributed by atoms with Gasteiger partial charge in [0, 0.05) is 19.3 Å². The maximum atomic E-state index is 12.9. The molecule has 0 fully saturated rings. The van der Waals surface area contributed by atoms with Gasteiger partial charge in [0.2, 0.25) is 0 Å². The molecular weight excluding hydrogens is 1010 g/mol. The molecule has 0 rings (SSSR count). The third-order valence-electron chi connectivity index (χ3n) is 14.4. The quantitative estimate of drug-likeness (QED) is 0.0261. The van der Waals surface area contributed by atoms with Gasteiger partial charge in [-0.15, -0.1) is 0 Å². The fourth-order valence-electron chi connectivity index (χ4n) is 9.32. The van der Waals surface area contributed by atoms with Gasteiger partial charge in [0.1, 0.15) is 13.2 Å². The number of allylic oxidation sites excluding steroid dienone is 22. The van der Waals surface area contributed by atoms with E-state index in [1.165, 1.54) is 128 Å². The molecule has 1 unspecified atom stereocenters. The summed E-state index contributed by atoms with van der Waals surface area (Å²) in [7, 11) is 0. The molecule has 0 heterocycles. The zero-order valence-corrected chi connectivity index (χ0v) is 53.5. The number of esters is 3. The highest BCUT2D eigenvalue weighted by molar-refractivity contribution is 5.71. The van der Waals surface area contributed by atoms with Gasteiger partial charge >= 0.3 is 17.9 Å². The molecule has 0 amide bonds. The fourth-order valence-corrected chi connectivity index (χ4v) is 9.32. The molecule has 0 radical (unpaired) electrons. The molecule has 6 nitrogen and oxygen atoms in total. The predicted molar refractivity (Wildman–Crippen MR) is 357 cm³/mol. The van der Waals surface area contributed by atoms with Crippen LogP contribution in [0.5, 0.6) is 0 Å². The van der Waals surface area contributed by atoms with Crippen LogP contribution in [0.25, 0.3) is 0 Å². The van der Waals surface area contributed by atoms with Crippen LogP contribution in [-0.2, 0) is 28.6 Å². The molecule has 6 heteroatoms. The first-order valence-electron chi connectivity index (χ1n) is 34.2. The number of hydrogen-bond donors (Lipinski definition) is 0. The molecule has 0 aliphatic heterocycles. The number of carbonyl (C=O) groups excluding carboxylic acids is 3. The van der Waals surface area contributed by atoms with Crippen molar-refractivity contribution < 1.29 is 28.6 Å². The molecule has 0 aromatic carbocycles. The summed E-state index contributed by atoms with van der Waals surface area (Å²) in [4.78, 5) is 38.4. The Hall–Kier alpha value is -4.45. The summed E-state index contributed by atoms with van der Waals surface area (Å²) < 4.78 is 16.9. The highest BCUT2D eigenvalue weighted by Gasteiger charge is 2.19. The first-order valence-corrected chi connectivity index (χ1v) is 34.2. The zero-order valence-electron chi connectivity index (χ0n) is 53.5. The van der Waals surface area contributed by atoms with Crippen LogP contribution in [0, 0.1) is 0 Å². The average Bonchev–Trinajstić information content (AvgIpc) is 3.48. The molecule has 0 spiro atoms. The molecule has 0 bridgehead atoms. The number of rotatable bonds is 61. The first kappa shape index (κ1) is 77.5. The number of ether oxygens (including phenoxy) is 3. The lowest BCUT2D eigenvalue weighted by Crippen LogP contribution is -2.30. The molecule has 0 saturated heterocycles. The number of unbranched alkanes of at least 4 members (excludes halogenated alkanes) is 28. The highest BCUT2D eigenvalue weighted by atomic mass is 16.6. The van der Waals surface area contributed by atoms with Gasteiger partial charge in [-0.1, -0.05) is 289 Å². The number of hydrogen-bond acceptors (Lipinski definition) is 6. The second kappa shape index (κ2) is 69.0. The first-order chi connectivity index (χ1) is 40.5. The summed E-state index contributed by atoms with van der Waals surface area (Å²) in [5.41, 5.74) is 0. The topological polar surface area (TPSA) is 78.9 Å². The van der Waals surface area contributed by atoms with E-state index in [0.717, 1.165) is 141 Å². The van der Waals surface area contributed by atoms with E-state index in [-0.39, 0.29) is 31.1 Å². The summed E-state index contributed by atoms with van der Waals surface area (Å²) in [6, 6.07) is 0. The van der Waals surface area contributed by atoms with E-state index in [1.54, 1.807) is 0 Å².